The topological polar surface area (TPSA) is 42.7 Å². The van der Waals surface area contributed by atoms with Gasteiger partial charge in [0, 0.05) is 40.2 Å². The van der Waals surface area contributed by atoms with Gasteiger partial charge in [0.2, 0.25) is 0 Å². The lowest BCUT2D eigenvalue weighted by atomic mass is 10.1. The number of hydrogen-bond acceptors (Lipinski definition) is 3. The van der Waals surface area contributed by atoms with Crippen molar-refractivity contribution in [3.63, 3.8) is 0 Å². The molecule has 0 saturated heterocycles. The Kier molecular flexibility index (Phi) is 3.00. The van der Waals surface area contributed by atoms with E-state index < -0.39 is 0 Å². The van der Waals surface area contributed by atoms with Gasteiger partial charge >= 0.3 is 0 Å². The smallest absolute Gasteiger partial charge is 0.133 e. The molecule has 0 atom stereocenters. The van der Waals surface area contributed by atoms with Crippen molar-refractivity contribution in [2.75, 3.05) is 5.32 Å². The van der Waals surface area contributed by atoms with Crippen LogP contribution < -0.4 is 5.32 Å². The van der Waals surface area contributed by atoms with Crippen molar-refractivity contribution >= 4 is 33.3 Å². The maximum atomic E-state index is 4.21. The van der Waals surface area contributed by atoms with E-state index in [0.717, 1.165) is 18.1 Å². The molecule has 2 aromatic heterocycles. The molecular weight excluding hydrogens is 272 g/mol. The van der Waals surface area contributed by atoms with Crippen LogP contribution >= 0.6 is 0 Å². The summed E-state index contributed by atoms with van der Waals surface area (Å²) in [6.45, 7) is 3.14. The molecule has 0 unspecified atom stereocenters. The van der Waals surface area contributed by atoms with Gasteiger partial charge in [-0.1, -0.05) is 18.2 Å². The van der Waals surface area contributed by atoms with E-state index in [1.165, 1.54) is 21.8 Å². The van der Waals surface area contributed by atoms with Crippen LogP contribution in [0.2, 0.25) is 0 Å². The minimum Gasteiger partial charge on any atom is -0.341 e. The van der Waals surface area contributed by atoms with Gasteiger partial charge in [0.05, 0.1) is 0 Å². The number of nitrogens with one attached hydrogen (secondary N) is 1. The van der Waals surface area contributed by atoms with Crippen LogP contribution in [0.15, 0.2) is 61.1 Å². The number of aryl methyl sites for hydroxylation is 1. The molecule has 2 heterocycles. The Balaban J connectivity index is 1.88. The van der Waals surface area contributed by atoms with Gasteiger partial charge < -0.3 is 9.88 Å². The van der Waals surface area contributed by atoms with Crippen molar-refractivity contribution in [2.45, 2.75) is 13.5 Å². The van der Waals surface area contributed by atoms with Crippen molar-refractivity contribution in [1.82, 2.24) is 14.5 Å². The molecule has 1 N–H and O–H groups in total. The van der Waals surface area contributed by atoms with Gasteiger partial charge in [-0.15, -0.1) is 0 Å². The standard InChI is InChI=1S/C18H16N4/c1-2-22-16-6-4-3-5-14(16)15-11-13(7-8-17(15)22)21-18-9-10-19-12-20-18/h3-12H,2H2,1H3,(H,19,20,21). The Morgan fingerprint density at radius 2 is 1.86 bits per heavy atom. The molecule has 0 fully saturated rings. The van der Waals surface area contributed by atoms with E-state index >= 15 is 0 Å². The fourth-order valence-electron chi connectivity index (χ4n) is 2.98. The number of benzene rings is 2. The van der Waals surface area contributed by atoms with Gasteiger partial charge in [0.1, 0.15) is 12.1 Å². The second-order valence-electron chi connectivity index (χ2n) is 5.21. The number of rotatable bonds is 3. The van der Waals surface area contributed by atoms with Gasteiger partial charge in [-0.2, -0.15) is 0 Å². The molecule has 0 aliphatic rings. The second-order valence-corrected chi connectivity index (χ2v) is 5.21. The number of aromatic nitrogens is 3. The third-order valence-electron chi connectivity index (χ3n) is 3.94. The first-order chi connectivity index (χ1) is 10.9. The first-order valence-electron chi connectivity index (χ1n) is 7.41. The number of fused-ring (bicyclic) bond motifs is 3. The van der Waals surface area contributed by atoms with E-state index in [-0.39, 0.29) is 0 Å². The highest BCUT2D eigenvalue weighted by atomic mass is 15.0. The second kappa shape index (κ2) is 5.15. The van der Waals surface area contributed by atoms with E-state index in [0.29, 0.717) is 0 Å². The molecule has 0 amide bonds. The van der Waals surface area contributed by atoms with Crippen LogP contribution in [0, 0.1) is 0 Å². The Bertz CT molecular complexity index is 941. The van der Waals surface area contributed by atoms with Gasteiger partial charge in [0.15, 0.2) is 0 Å². The third kappa shape index (κ3) is 2.00. The lowest BCUT2D eigenvalue weighted by molar-refractivity contribution is 0.827. The summed E-state index contributed by atoms with van der Waals surface area (Å²) >= 11 is 0. The molecule has 0 radical (unpaired) electrons. The molecule has 22 heavy (non-hydrogen) atoms. The molecule has 4 aromatic rings. The van der Waals surface area contributed by atoms with E-state index in [2.05, 4.69) is 69.2 Å². The fourth-order valence-corrected chi connectivity index (χ4v) is 2.98. The molecule has 4 rings (SSSR count). The molecule has 0 aliphatic carbocycles. The van der Waals surface area contributed by atoms with Crippen LogP contribution in [0.4, 0.5) is 11.5 Å². The van der Waals surface area contributed by atoms with Crippen LogP contribution in [0.5, 0.6) is 0 Å². The van der Waals surface area contributed by atoms with Crippen LogP contribution in [0.3, 0.4) is 0 Å². The molecular formula is C18H16N4. The molecule has 0 spiro atoms. The zero-order chi connectivity index (χ0) is 14.9. The highest BCUT2D eigenvalue weighted by molar-refractivity contribution is 6.09. The van der Waals surface area contributed by atoms with E-state index in [1.54, 1.807) is 12.5 Å². The average Bonchev–Trinajstić information content (AvgIpc) is 2.89. The highest BCUT2D eigenvalue weighted by Gasteiger charge is 2.09. The number of nitrogens with zero attached hydrogens (tertiary/aromatic N) is 3. The molecule has 4 nitrogen and oxygen atoms in total. The first kappa shape index (κ1) is 12.8. The summed E-state index contributed by atoms with van der Waals surface area (Å²) < 4.78 is 2.35. The normalized spacial score (nSPS) is 11.1. The van der Waals surface area contributed by atoms with Crippen LogP contribution in [0.25, 0.3) is 21.8 Å². The number of hydrogen-bond donors (Lipinski definition) is 1. The fraction of sp³-hybridized carbons (Fsp3) is 0.111. The Labute approximate surface area is 128 Å². The Hall–Kier alpha value is -2.88. The maximum absolute atomic E-state index is 4.21. The summed E-state index contributed by atoms with van der Waals surface area (Å²) in [7, 11) is 0. The number of para-hydroxylation sites is 1. The SMILES string of the molecule is CCn1c2ccccc2c2cc(Nc3ccncn3)ccc21. The summed E-state index contributed by atoms with van der Waals surface area (Å²) in [5.74, 6) is 0.800. The highest BCUT2D eigenvalue weighted by Crippen LogP contribution is 2.31. The van der Waals surface area contributed by atoms with Crippen molar-refractivity contribution < 1.29 is 0 Å². The van der Waals surface area contributed by atoms with Crippen LogP contribution in [-0.4, -0.2) is 14.5 Å². The lowest BCUT2D eigenvalue weighted by Gasteiger charge is -2.06. The summed E-state index contributed by atoms with van der Waals surface area (Å²) in [4.78, 5) is 8.15. The molecule has 0 bridgehead atoms. The Morgan fingerprint density at radius 1 is 1.00 bits per heavy atom. The van der Waals surface area contributed by atoms with Gasteiger partial charge in [-0.05, 0) is 37.3 Å². The number of anilines is 2. The van der Waals surface area contributed by atoms with Gasteiger partial charge in [0.25, 0.3) is 0 Å². The van der Waals surface area contributed by atoms with Crippen LogP contribution in [-0.2, 0) is 6.54 Å². The summed E-state index contributed by atoms with van der Waals surface area (Å²) in [6.07, 6.45) is 3.28. The molecule has 0 aliphatic heterocycles. The Morgan fingerprint density at radius 3 is 2.68 bits per heavy atom. The van der Waals surface area contributed by atoms with E-state index in [4.69, 9.17) is 0 Å². The predicted molar refractivity (Wildman–Crippen MR) is 90.4 cm³/mol. The first-order valence-corrected chi connectivity index (χ1v) is 7.41. The summed E-state index contributed by atoms with van der Waals surface area (Å²) in [6, 6.07) is 16.8. The molecule has 0 saturated carbocycles. The van der Waals surface area contributed by atoms with E-state index in [9.17, 15) is 0 Å². The zero-order valence-electron chi connectivity index (χ0n) is 12.3. The predicted octanol–water partition coefficient (Wildman–Crippen LogP) is 4.35. The summed E-state index contributed by atoms with van der Waals surface area (Å²) in [5.41, 5.74) is 3.57. The van der Waals surface area contributed by atoms with Crippen molar-refractivity contribution in [3.8, 4) is 0 Å². The molecule has 108 valence electrons. The molecule has 2 aromatic carbocycles. The van der Waals surface area contributed by atoms with E-state index in [1.807, 2.05) is 6.07 Å². The quantitative estimate of drug-likeness (QED) is 0.609. The van der Waals surface area contributed by atoms with Gasteiger partial charge in [-0.25, -0.2) is 9.97 Å². The van der Waals surface area contributed by atoms with Gasteiger partial charge in [-0.3, -0.25) is 0 Å². The largest absolute Gasteiger partial charge is 0.341 e. The zero-order valence-corrected chi connectivity index (χ0v) is 12.3. The lowest BCUT2D eigenvalue weighted by Crippen LogP contribution is -1.94. The maximum Gasteiger partial charge on any atom is 0.133 e. The van der Waals surface area contributed by atoms with Crippen molar-refractivity contribution in [1.29, 1.82) is 0 Å². The minimum absolute atomic E-state index is 0.800. The average molecular weight is 288 g/mol. The van der Waals surface area contributed by atoms with Crippen molar-refractivity contribution in [2.24, 2.45) is 0 Å². The molecule has 4 heteroatoms. The minimum atomic E-state index is 0.800. The van der Waals surface area contributed by atoms with Crippen LogP contribution in [0.1, 0.15) is 6.92 Å². The summed E-state index contributed by atoms with van der Waals surface area (Å²) in [5, 5.41) is 5.87. The monoisotopic (exact) mass is 288 g/mol. The van der Waals surface area contributed by atoms with Crippen molar-refractivity contribution in [3.05, 3.63) is 61.1 Å². The third-order valence-corrected chi connectivity index (χ3v) is 3.94.